The molecule has 2 aromatic rings. The third-order valence-corrected chi connectivity index (χ3v) is 7.56. The molecule has 2 atom stereocenters. The second kappa shape index (κ2) is 9.62. The minimum Gasteiger partial charge on any atom is -0.489 e. The number of hydrogen-bond acceptors (Lipinski definition) is 6. The summed E-state index contributed by atoms with van der Waals surface area (Å²) < 4.78 is 39.0. The van der Waals surface area contributed by atoms with Gasteiger partial charge in [-0.05, 0) is 60.6 Å². The molecule has 0 aliphatic heterocycles. The Hall–Kier alpha value is -3.13. The molecular formula is C26H31NO6S. The number of esters is 1. The summed E-state index contributed by atoms with van der Waals surface area (Å²) in [5.74, 6) is -0.572. The molecule has 34 heavy (non-hydrogen) atoms. The third kappa shape index (κ3) is 5.17. The molecule has 182 valence electrons. The van der Waals surface area contributed by atoms with Gasteiger partial charge >= 0.3 is 5.97 Å². The number of rotatable bonds is 9. The first kappa shape index (κ1) is 25.5. The van der Waals surface area contributed by atoms with E-state index < -0.39 is 32.7 Å². The van der Waals surface area contributed by atoms with Crippen molar-refractivity contribution in [2.45, 2.75) is 45.6 Å². The first-order valence-corrected chi connectivity index (χ1v) is 12.6. The quantitative estimate of drug-likeness (QED) is 0.415. The van der Waals surface area contributed by atoms with Gasteiger partial charge in [-0.15, -0.1) is 6.58 Å². The van der Waals surface area contributed by atoms with Crippen molar-refractivity contribution in [3.8, 4) is 5.75 Å². The lowest BCUT2D eigenvalue weighted by atomic mass is 9.75. The van der Waals surface area contributed by atoms with E-state index in [1.165, 1.54) is 12.1 Å². The molecule has 1 saturated carbocycles. The van der Waals surface area contributed by atoms with Crippen molar-refractivity contribution in [2.75, 3.05) is 6.61 Å². The summed E-state index contributed by atoms with van der Waals surface area (Å²) >= 11 is 0. The standard InChI is InChI=1S/C26H31NO6S/c1-6-20-16-26(20,25(3,4)5)24(29)27-34(30,31)22-13-8-10-18(14-22)17-33-21-12-9-11-19(15-21)23(28)32-7-2/h6,8-15,20H,1,7,16-17H2,2-5H3,(H,27,29)/t20-,26-/m1/s1. The Morgan fingerprint density at radius 3 is 2.50 bits per heavy atom. The Morgan fingerprint density at radius 1 is 1.18 bits per heavy atom. The van der Waals surface area contributed by atoms with Crippen molar-refractivity contribution in [1.29, 1.82) is 0 Å². The molecule has 8 heteroatoms. The monoisotopic (exact) mass is 485 g/mol. The fourth-order valence-corrected chi connectivity index (χ4v) is 5.31. The smallest absolute Gasteiger partial charge is 0.338 e. The van der Waals surface area contributed by atoms with Crippen LogP contribution in [0.15, 0.2) is 66.1 Å². The second-order valence-electron chi connectivity index (χ2n) is 9.39. The molecule has 1 aliphatic carbocycles. The first-order valence-electron chi connectivity index (χ1n) is 11.1. The van der Waals surface area contributed by atoms with Crippen LogP contribution in [0.3, 0.4) is 0 Å². The maximum atomic E-state index is 13.1. The van der Waals surface area contributed by atoms with Crippen LogP contribution in [0.4, 0.5) is 0 Å². The number of sulfonamides is 1. The van der Waals surface area contributed by atoms with Crippen LogP contribution in [0, 0.1) is 16.7 Å². The number of amides is 1. The van der Waals surface area contributed by atoms with Gasteiger partial charge in [-0.1, -0.05) is 45.0 Å². The van der Waals surface area contributed by atoms with Crippen LogP contribution in [-0.2, 0) is 26.2 Å². The van der Waals surface area contributed by atoms with Crippen LogP contribution in [0.25, 0.3) is 0 Å². The highest BCUT2D eigenvalue weighted by Gasteiger charge is 2.65. The Morgan fingerprint density at radius 2 is 1.88 bits per heavy atom. The number of allylic oxidation sites excluding steroid dienone is 1. The van der Waals surface area contributed by atoms with Gasteiger partial charge in [0, 0.05) is 0 Å². The Labute approximate surface area is 201 Å². The molecule has 7 nitrogen and oxygen atoms in total. The number of nitrogens with one attached hydrogen (secondary N) is 1. The number of benzene rings is 2. The van der Waals surface area contributed by atoms with E-state index in [0.717, 1.165) is 0 Å². The second-order valence-corrected chi connectivity index (χ2v) is 11.1. The molecule has 0 radical (unpaired) electrons. The summed E-state index contributed by atoms with van der Waals surface area (Å²) in [5, 5.41) is 0. The predicted octanol–water partition coefficient (Wildman–Crippen LogP) is 4.49. The van der Waals surface area contributed by atoms with E-state index in [4.69, 9.17) is 9.47 Å². The Bertz CT molecular complexity index is 1200. The third-order valence-electron chi connectivity index (χ3n) is 6.23. The minimum absolute atomic E-state index is 0.0258. The molecule has 0 unspecified atom stereocenters. The van der Waals surface area contributed by atoms with Crippen LogP contribution in [0.1, 0.15) is 50.0 Å². The molecule has 1 fully saturated rings. The maximum absolute atomic E-state index is 13.1. The Kier molecular flexibility index (Phi) is 7.21. The van der Waals surface area contributed by atoms with E-state index in [2.05, 4.69) is 11.3 Å². The fraction of sp³-hybridized carbons (Fsp3) is 0.385. The molecule has 0 saturated heterocycles. The normalized spacial score (nSPS) is 19.7. The Balaban J connectivity index is 1.73. The zero-order chi connectivity index (χ0) is 25.1. The highest BCUT2D eigenvalue weighted by atomic mass is 32.2. The van der Waals surface area contributed by atoms with E-state index in [1.54, 1.807) is 49.4 Å². The summed E-state index contributed by atoms with van der Waals surface area (Å²) in [7, 11) is -4.07. The van der Waals surface area contributed by atoms with Crippen molar-refractivity contribution in [3.05, 3.63) is 72.3 Å². The van der Waals surface area contributed by atoms with Gasteiger partial charge in [0.15, 0.2) is 0 Å². The molecular weight excluding hydrogens is 454 g/mol. The summed E-state index contributed by atoms with van der Waals surface area (Å²) in [6.45, 7) is 11.6. The molecule has 2 aromatic carbocycles. The lowest BCUT2D eigenvalue weighted by molar-refractivity contribution is -0.128. The van der Waals surface area contributed by atoms with Gasteiger partial charge < -0.3 is 9.47 Å². The van der Waals surface area contributed by atoms with Crippen LogP contribution in [0.2, 0.25) is 0 Å². The number of carbonyl (C=O) groups is 2. The average molecular weight is 486 g/mol. The first-order chi connectivity index (χ1) is 15.9. The van der Waals surface area contributed by atoms with Crippen molar-refractivity contribution < 1.29 is 27.5 Å². The summed E-state index contributed by atoms with van der Waals surface area (Å²) in [6.07, 6.45) is 2.28. The topological polar surface area (TPSA) is 98.8 Å². The van der Waals surface area contributed by atoms with Gasteiger partial charge in [-0.2, -0.15) is 0 Å². The largest absolute Gasteiger partial charge is 0.489 e. The summed E-state index contributed by atoms with van der Waals surface area (Å²) in [5.41, 5.74) is -0.256. The van der Waals surface area contributed by atoms with Crippen molar-refractivity contribution >= 4 is 21.9 Å². The zero-order valence-corrected chi connectivity index (χ0v) is 20.8. The predicted molar refractivity (Wildman–Crippen MR) is 129 cm³/mol. The van der Waals surface area contributed by atoms with Gasteiger partial charge in [0.25, 0.3) is 10.0 Å². The molecule has 0 bridgehead atoms. The van der Waals surface area contributed by atoms with Crippen LogP contribution in [-0.4, -0.2) is 26.9 Å². The molecule has 0 heterocycles. The summed E-state index contributed by atoms with van der Waals surface area (Å²) in [6, 6.07) is 12.8. The average Bonchev–Trinajstić information content (AvgIpc) is 3.55. The minimum atomic E-state index is -4.07. The highest BCUT2D eigenvalue weighted by molar-refractivity contribution is 7.90. The van der Waals surface area contributed by atoms with Gasteiger partial charge in [0.05, 0.1) is 22.5 Å². The van der Waals surface area contributed by atoms with Gasteiger partial charge in [-0.25, -0.2) is 17.9 Å². The van der Waals surface area contributed by atoms with E-state index in [1.807, 2.05) is 20.8 Å². The zero-order valence-electron chi connectivity index (χ0n) is 20.0. The van der Waals surface area contributed by atoms with E-state index >= 15 is 0 Å². The molecule has 3 rings (SSSR count). The van der Waals surface area contributed by atoms with Crippen LogP contribution >= 0.6 is 0 Å². The van der Waals surface area contributed by atoms with Crippen molar-refractivity contribution in [1.82, 2.24) is 4.72 Å². The maximum Gasteiger partial charge on any atom is 0.338 e. The SMILES string of the molecule is C=C[C@@H]1C[C@@]1(C(=O)NS(=O)(=O)c1cccc(COc2cccc(C(=O)OCC)c2)c1)C(C)(C)C. The lowest BCUT2D eigenvalue weighted by Gasteiger charge is -2.30. The van der Waals surface area contributed by atoms with E-state index in [-0.39, 0.29) is 24.0 Å². The van der Waals surface area contributed by atoms with Crippen molar-refractivity contribution in [2.24, 2.45) is 16.7 Å². The van der Waals surface area contributed by atoms with E-state index in [0.29, 0.717) is 23.3 Å². The molecule has 1 amide bonds. The molecule has 1 aliphatic rings. The molecule has 0 aromatic heterocycles. The lowest BCUT2D eigenvalue weighted by Crippen LogP contribution is -2.43. The van der Waals surface area contributed by atoms with Crippen LogP contribution in [0.5, 0.6) is 5.75 Å². The number of ether oxygens (including phenoxy) is 2. The van der Waals surface area contributed by atoms with Gasteiger partial charge in [-0.3, -0.25) is 4.79 Å². The van der Waals surface area contributed by atoms with Crippen LogP contribution < -0.4 is 9.46 Å². The van der Waals surface area contributed by atoms with E-state index in [9.17, 15) is 18.0 Å². The van der Waals surface area contributed by atoms with Crippen molar-refractivity contribution in [3.63, 3.8) is 0 Å². The molecule has 0 spiro atoms. The highest BCUT2D eigenvalue weighted by Crippen LogP contribution is 2.64. The summed E-state index contributed by atoms with van der Waals surface area (Å²) in [4.78, 5) is 24.9. The molecule has 1 N–H and O–H groups in total. The number of hydrogen-bond donors (Lipinski definition) is 1. The van der Waals surface area contributed by atoms with Gasteiger partial charge in [0.2, 0.25) is 5.91 Å². The fourth-order valence-electron chi connectivity index (χ4n) is 4.20. The van der Waals surface area contributed by atoms with Gasteiger partial charge in [0.1, 0.15) is 12.4 Å². The number of carbonyl (C=O) groups excluding carboxylic acids is 2.